The molecule has 1 aromatic carbocycles. The number of methoxy groups -OCH3 is 1. The van der Waals surface area contributed by atoms with Crippen LogP contribution in [0.25, 0.3) is 11.0 Å². The number of aromatic amines is 1. The Kier molecular flexibility index (Phi) is 5.67. The molecule has 6 heteroatoms. The molecule has 4 atom stereocenters. The summed E-state index contributed by atoms with van der Waals surface area (Å²) in [4.78, 5) is 25.4. The van der Waals surface area contributed by atoms with Crippen molar-refractivity contribution >= 4 is 16.9 Å². The zero-order valence-electron chi connectivity index (χ0n) is 18.4. The van der Waals surface area contributed by atoms with E-state index >= 15 is 0 Å². The van der Waals surface area contributed by atoms with Gasteiger partial charge in [0.05, 0.1) is 17.1 Å². The highest BCUT2D eigenvalue weighted by Gasteiger charge is 2.44. The molecule has 158 valence electrons. The molecule has 2 heterocycles. The molecule has 1 saturated heterocycles. The van der Waals surface area contributed by atoms with E-state index in [-0.39, 0.29) is 12.0 Å². The van der Waals surface area contributed by atoms with Gasteiger partial charge in [-0.3, -0.25) is 4.79 Å². The maximum absolute atomic E-state index is 12.9. The van der Waals surface area contributed by atoms with Crippen LogP contribution in [0.15, 0.2) is 12.1 Å². The minimum Gasteiger partial charge on any atom is -0.380 e. The monoisotopic (exact) mass is 398 g/mol. The lowest BCUT2D eigenvalue weighted by molar-refractivity contribution is -0.130. The van der Waals surface area contributed by atoms with Gasteiger partial charge in [-0.05, 0) is 69.8 Å². The smallest absolute Gasteiger partial charge is 0.223 e. The largest absolute Gasteiger partial charge is 0.380 e. The SMILES string of the molecule is CO[C@@H]1C[C@H]2CN(C(=O)CCc3nc4c(C)c(C)ccc4[nH]3)C[C@H]2C[C@H]1N(C)C. The van der Waals surface area contributed by atoms with Gasteiger partial charge in [0.25, 0.3) is 0 Å². The molecule has 2 aliphatic rings. The highest BCUT2D eigenvalue weighted by Crippen LogP contribution is 2.39. The molecule has 0 spiro atoms. The number of carbonyl (C=O) groups is 1. The first kappa shape index (κ1) is 20.4. The summed E-state index contributed by atoms with van der Waals surface area (Å²) in [5, 5.41) is 0. The van der Waals surface area contributed by atoms with Crippen LogP contribution < -0.4 is 0 Å². The Morgan fingerprint density at radius 2 is 1.97 bits per heavy atom. The molecule has 1 aliphatic heterocycles. The highest BCUT2D eigenvalue weighted by molar-refractivity contribution is 5.80. The number of amides is 1. The van der Waals surface area contributed by atoms with Crippen LogP contribution in [0.5, 0.6) is 0 Å². The number of benzene rings is 1. The third-order valence-corrected chi connectivity index (χ3v) is 7.21. The lowest BCUT2D eigenvalue weighted by atomic mass is 9.77. The average molecular weight is 399 g/mol. The van der Waals surface area contributed by atoms with Crippen LogP contribution in [0.2, 0.25) is 0 Å². The van der Waals surface area contributed by atoms with Crippen molar-refractivity contribution in [2.45, 2.75) is 51.7 Å². The van der Waals surface area contributed by atoms with E-state index in [1.54, 1.807) is 0 Å². The lowest BCUT2D eigenvalue weighted by Crippen LogP contribution is -2.47. The number of fused-ring (bicyclic) bond motifs is 2. The minimum atomic E-state index is 0.253. The number of hydrogen-bond donors (Lipinski definition) is 1. The number of likely N-dealkylation sites (tertiary alicyclic amines) is 1. The summed E-state index contributed by atoms with van der Waals surface area (Å²) in [6, 6.07) is 4.64. The molecule has 0 radical (unpaired) electrons. The summed E-state index contributed by atoms with van der Waals surface area (Å²) in [5.41, 5.74) is 4.54. The maximum atomic E-state index is 12.9. The molecule has 0 unspecified atom stereocenters. The number of hydrogen-bond acceptors (Lipinski definition) is 4. The summed E-state index contributed by atoms with van der Waals surface area (Å²) < 4.78 is 5.76. The second-order valence-electron chi connectivity index (χ2n) is 9.18. The van der Waals surface area contributed by atoms with Crippen LogP contribution in [0.1, 0.15) is 36.2 Å². The van der Waals surface area contributed by atoms with Crippen molar-refractivity contribution in [3.8, 4) is 0 Å². The van der Waals surface area contributed by atoms with Crippen LogP contribution in [0.3, 0.4) is 0 Å². The van der Waals surface area contributed by atoms with Crippen molar-refractivity contribution in [3.05, 3.63) is 29.1 Å². The number of aromatic nitrogens is 2. The zero-order chi connectivity index (χ0) is 20.7. The van der Waals surface area contributed by atoms with Gasteiger partial charge in [0.2, 0.25) is 5.91 Å². The number of likely N-dealkylation sites (N-methyl/N-ethyl adjacent to an activating group) is 1. The molecule has 0 bridgehead atoms. The van der Waals surface area contributed by atoms with E-state index in [1.165, 1.54) is 11.1 Å². The molecule has 2 aromatic rings. The normalized spacial score (nSPS) is 27.0. The van der Waals surface area contributed by atoms with Crippen molar-refractivity contribution in [2.24, 2.45) is 11.8 Å². The van der Waals surface area contributed by atoms with Crippen molar-refractivity contribution in [1.82, 2.24) is 19.8 Å². The van der Waals surface area contributed by atoms with E-state index in [4.69, 9.17) is 9.72 Å². The Morgan fingerprint density at radius 1 is 1.24 bits per heavy atom. The Hall–Kier alpha value is -1.92. The van der Waals surface area contributed by atoms with E-state index in [1.807, 2.05) is 7.11 Å². The number of aryl methyl sites for hydroxylation is 3. The number of imidazole rings is 1. The van der Waals surface area contributed by atoms with Crippen molar-refractivity contribution in [3.63, 3.8) is 0 Å². The Labute approximate surface area is 173 Å². The molecule has 2 fully saturated rings. The third-order valence-electron chi connectivity index (χ3n) is 7.21. The fourth-order valence-electron chi connectivity index (χ4n) is 5.26. The van der Waals surface area contributed by atoms with E-state index in [0.29, 0.717) is 30.7 Å². The van der Waals surface area contributed by atoms with Gasteiger partial charge in [0.1, 0.15) is 5.82 Å². The number of nitrogens with zero attached hydrogens (tertiary/aromatic N) is 3. The molecule has 1 saturated carbocycles. The third kappa shape index (κ3) is 3.92. The standard InChI is InChI=1S/C23H34N4O2/c1-14-6-7-18-23(15(14)2)25-21(24-18)8-9-22(28)27-12-16-10-19(26(3)4)20(29-5)11-17(16)13-27/h6-7,16-17,19-20H,8-13H2,1-5H3,(H,24,25)/t16-,17+,19-,20-/m1/s1. The summed E-state index contributed by atoms with van der Waals surface area (Å²) in [6.45, 7) is 5.98. The van der Waals surface area contributed by atoms with Crippen LogP contribution in [0, 0.1) is 25.7 Å². The highest BCUT2D eigenvalue weighted by atomic mass is 16.5. The van der Waals surface area contributed by atoms with Crippen molar-refractivity contribution in [2.75, 3.05) is 34.3 Å². The number of rotatable bonds is 5. The second kappa shape index (κ2) is 8.07. The number of ether oxygens (including phenoxy) is 1. The van der Waals surface area contributed by atoms with Gasteiger partial charge in [0, 0.05) is 39.1 Å². The quantitative estimate of drug-likeness (QED) is 0.841. The van der Waals surface area contributed by atoms with Gasteiger partial charge in [-0.15, -0.1) is 0 Å². The fraction of sp³-hybridized carbons (Fsp3) is 0.652. The van der Waals surface area contributed by atoms with Gasteiger partial charge < -0.3 is 19.5 Å². The molecular weight excluding hydrogens is 364 g/mol. The molecular formula is C23H34N4O2. The van der Waals surface area contributed by atoms with E-state index < -0.39 is 0 Å². The summed E-state index contributed by atoms with van der Waals surface area (Å²) in [5.74, 6) is 2.32. The van der Waals surface area contributed by atoms with E-state index in [2.05, 4.69) is 54.9 Å². The first-order valence-electron chi connectivity index (χ1n) is 10.8. The lowest BCUT2D eigenvalue weighted by Gasteiger charge is -2.40. The van der Waals surface area contributed by atoms with E-state index in [9.17, 15) is 4.79 Å². The van der Waals surface area contributed by atoms with E-state index in [0.717, 1.165) is 42.8 Å². The van der Waals surface area contributed by atoms with Gasteiger partial charge in [-0.2, -0.15) is 0 Å². The fourth-order valence-corrected chi connectivity index (χ4v) is 5.26. The summed E-state index contributed by atoms with van der Waals surface area (Å²) in [7, 11) is 6.08. The Bertz CT molecular complexity index is 890. The number of carbonyl (C=O) groups excluding carboxylic acids is 1. The van der Waals surface area contributed by atoms with Crippen LogP contribution in [-0.4, -0.2) is 72.1 Å². The molecule has 29 heavy (non-hydrogen) atoms. The topological polar surface area (TPSA) is 61.5 Å². The zero-order valence-corrected chi connectivity index (χ0v) is 18.4. The Balaban J connectivity index is 1.37. The molecule has 1 amide bonds. The van der Waals surface area contributed by atoms with Gasteiger partial charge >= 0.3 is 0 Å². The minimum absolute atomic E-state index is 0.253. The maximum Gasteiger partial charge on any atom is 0.223 e. The van der Waals surface area contributed by atoms with Crippen molar-refractivity contribution in [1.29, 1.82) is 0 Å². The predicted octanol–water partition coefficient (Wildman–Crippen LogP) is 2.93. The van der Waals surface area contributed by atoms with Gasteiger partial charge in [-0.1, -0.05) is 6.07 Å². The molecule has 6 nitrogen and oxygen atoms in total. The van der Waals surface area contributed by atoms with Crippen LogP contribution >= 0.6 is 0 Å². The summed E-state index contributed by atoms with van der Waals surface area (Å²) in [6.07, 6.45) is 3.61. The molecule has 1 N–H and O–H groups in total. The second-order valence-corrected chi connectivity index (χ2v) is 9.18. The van der Waals surface area contributed by atoms with Gasteiger partial charge in [-0.25, -0.2) is 4.98 Å². The van der Waals surface area contributed by atoms with Crippen LogP contribution in [-0.2, 0) is 16.0 Å². The van der Waals surface area contributed by atoms with Crippen molar-refractivity contribution < 1.29 is 9.53 Å². The number of H-pyrrole nitrogens is 1. The Morgan fingerprint density at radius 3 is 2.66 bits per heavy atom. The first-order valence-corrected chi connectivity index (χ1v) is 10.8. The number of nitrogens with one attached hydrogen (secondary N) is 1. The molecule has 1 aliphatic carbocycles. The summed E-state index contributed by atoms with van der Waals surface area (Å²) >= 11 is 0. The van der Waals surface area contributed by atoms with Crippen LogP contribution in [0.4, 0.5) is 0 Å². The molecule has 4 rings (SSSR count). The predicted molar refractivity (Wildman–Crippen MR) is 115 cm³/mol. The average Bonchev–Trinajstić information content (AvgIpc) is 3.31. The van der Waals surface area contributed by atoms with Gasteiger partial charge in [0.15, 0.2) is 0 Å². The molecule has 1 aromatic heterocycles. The first-order chi connectivity index (χ1) is 13.9.